The lowest BCUT2D eigenvalue weighted by Gasteiger charge is -2.23. The van der Waals surface area contributed by atoms with Gasteiger partial charge in [0, 0.05) is 13.6 Å². The van der Waals surface area contributed by atoms with Crippen molar-refractivity contribution in [3.8, 4) is 0 Å². The Morgan fingerprint density at radius 3 is 2.83 bits per heavy atom. The van der Waals surface area contributed by atoms with E-state index in [1.807, 2.05) is 24.3 Å². The zero-order chi connectivity index (χ0) is 17.3. The topological polar surface area (TPSA) is 69.7 Å². The lowest BCUT2D eigenvalue weighted by atomic mass is 9.92. The van der Waals surface area contributed by atoms with E-state index in [0.29, 0.717) is 13.0 Å². The second kappa shape index (κ2) is 6.26. The van der Waals surface area contributed by atoms with Crippen LogP contribution in [0.5, 0.6) is 0 Å². The number of hydrogen-bond donors (Lipinski definition) is 1. The van der Waals surface area contributed by atoms with Gasteiger partial charge in [0.05, 0.1) is 0 Å². The molecule has 1 N–H and O–H groups in total. The highest BCUT2D eigenvalue weighted by Gasteiger charge is 2.55. The summed E-state index contributed by atoms with van der Waals surface area (Å²) in [5.41, 5.74) is 0.952. The molecule has 1 fully saturated rings. The van der Waals surface area contributed by atoms with Crippen molar-refractivity contribution in [1.82, 2.24) is 15.1 Å². The normalized spacial score (nSPS) is 22.0. The molecule has 0 aromatic heterocycles. The van der Waals surface area contributed by atoms with Crippen LogP contribution in [0.4, 0.5) is 4.79 Å². The molecule has 1 spiro atoms. The Hall–Kier alpha value is -2.37. The largest absolute Gasteiger partial charge is 0.344 e. The number of imide groups is 1. The molecule has 6 heteroatoms. The Bertz CT molecular complexity index is 688. The molecule has 1 aliphatic heterocycles. The molecule has 1 heterocycles. The van der Waals surface area contributed by atoms with E-state index in [1.165, 1.54) is 0 Å². The number of nitrogens with one attached hydrogen (secondary N) is 1. The molecule has 3 rings (SSSR count). The van der Waals surface area contributed by atoms with Gasteiger partial charge in [-0.1, -0.05) is 37.6 Å². The fourth-order valence-corrected chi connectivity index (χ4v) is 3.51. The summed E-state index contributed by atoms with van der Waals surface area (Å²) in [6.45, 7) is 2.48. The SMILES string of the molecule is CCCCN(C)C(=O)CN1C(=O)N[C@@]2(CCc3ccccc32)C1=O. The molecule has 0 unspecified atom stereocenters. The van der Waals surface area contributed by atoms with Crippen LogP contribution in [0.1, 0.15) is 37.3 Å². The summed E-state index contributed by atoms with van der Waals surface area (Å²) in [6, 6.07) is 7.20. The standard InChI is InChI=1S/C18H23N3O3/c1-3-4-11-20(2)15(22)12-21-16(23)18(19-17(21)24)10-9-13-7-5-6-8-14(13)18/h5-8H,3-4,9-12H2,1-2H3,(H,19,24)/t18-/m1/s1. The van der Waals surface area contributed by atoms with Crippen molar-refractivity contribution in [3.63, 3.8) is 0 Å². The molecule has 1 aliphatic carbocycles. The van der Waals surface area contributed by atoms with Crippen molar-refractivity contribution in [3.05, 3.63) is 35.4 Å². The van der Waals surface area contributed by atoms with Crippen molar-refractivity contribution in [2.45, 2.75) is 38.1 Å². The molecule has 6 nitrogen and oxygen atoms in total. The minimum atomic E-state index is -0.990. The third-order valence-corrected chi connectivity index (χ3v) is 4.99. The van der Waals surface area contributed by atoms with E-state index < -0.39 is 11.6 Å². The van der Waals surface area contributed by atoms with E-state index in [-0.39, 0.29) is 18.4 Å². The molecule has 4 amide bonds. The number of rotatable bonds is 5. The average molecular weight is 329 g/mol. The Morgan fingerprint density at radius 1 is 1.33 bits per heavy atom. The van der Waals surface area contributed by atoms with Gasteiger partial charge in [0.25, 0.3) is 5.91 Å². The van der Waals surface area contributed by atoms with Crippen LogP contribution in [-0.2, 0) is 21.5 Å². The highest BCUT2D eigenvalue weighted by atomic mass is 16.2. The maximum atomic E-state index is 12.9. The van der Waals surface area contributed by atoms with Gasteiger partial charge >= 0.3 is 6.03 Å². The van der Waals surface area contributed by atoms with Gasteiger partial charge in [-0.3, -0.25) is 14.5 Å². The van der Waals surface area contributed by atoms with E-state index in [1.54, 1.807) is 11.9 Å². The van der Waals surface area contributed by atoms with Crippen LogP contribution in [-0.4, -0.2) is 47.8 Å². The number of aryl methyl sites for hydroxylation is 1. The van der Waals surface area contributed by atoms with E-state index in [4.69, 9.17) is 0 Å². The summed E-state index contributed by atoms with van der Waals surface area (Å²) >= 11 is 0. The molecule has 0 saturated carbocycles. The van der Waals surface area contributed by atoms with Crippen molar-refractivity contribution in [1.29, 1.82) is 0 Å². The summed E-state index contributed by atoms with van der Waals surface area (Å²) in [7, 11) is 1.71. The molecule has 2 aliphatic rings. The van der Waals surface area contributed by atoms with Gasteiger partial charge in [0.2, 0.25) is 5.91 Å². The number of nitrogens with zero attached hydrogens (tertiary/aromatic N) is 2. The summed E-state index contributed by atoms with van der Waals surface area (Å²) in [6.07, 6.45) is 3.19. The van der Waals surface area contributed by atoms with Gasteiger partial charge in [0.15, 0.2) is 0 Å². The van der Waals surface area contributed by atoms with Gasteiger partial charge in [-0.25, -0.2) is 4.79 Å². The highest BCUT2D eigenvalue weighted by Crippen LogP contribution is 2.41. The monoisotopic (exact) mass is 329 g/mol. The number of amides is 4. The zero-order valence-corrected chi connectivity index (χ0v) is 14.2. The molecular weight excluding hydrogens is 306 g/mol. The van der Waals surface area contributed by atoms with E-state index in [0.717, 1.165) is 35.3 Å². The van der Waals surface area contributed by atoms with Gasteiger partial charge in [-0.05, 0) is 30.4 Å². The second-order valence-corrected chi connectivity index (χ2v) is 6.55. The molecule has 1 aromatic rings. The van der Waals surface area contributed by atoms with Crippen molar-refractivity contribution < 1.29 is 14.4 Å². The predicted octanol–water partition coefficient (Wildman–Crippen LogP) is 1.64. The third kappa shape index (κ3) is 2.56. The molecular formula is C18H23N3O3. The van der Waals surface area contributed by atoms with Gasteiger partial charge in [-0.2, -0.15) is 0 Å². The summed E-state index contributed by atoms with van der Waals surface area (Å²) < 4.78 is 0. The number of urea groups is 1. The highest BCUT2D eigenvalue weighted by molar-refractivity contribution is 6.09. The average Bonchev–Trinajstić information content (AvgIpc) is 3.06. The smallest absolute Gasteiger partial charge is 0.325 e. The number of fused-ring (bicyclic) bond motifs is 2. The number of unbranched alkanes of at least 4 members (excludes halogenated alkanes) is 1. The number of carbonyl (C=O) groups is 3. The first-order valence-corrected chi connectivity index (χ1v) is 8.46. The van der Waals surface area contributed by atoms with Crippen LogP contribution >= 0.6 is 0 Å². The molecule has 24 heavy (non-hydrogen) atoms. The lowest BCUT2D eigenvalue weighted by Crippen LogP contribution is -2.44. The minimum Gasteiger partial charge on any atom is -0.344 e. The van der Waals surface area contributed by atoms with Crippen molar-refractivity contribution >= 4 is 17.8 Å². The van der Waals surface area contributed by atoms with Crippen LogP contribution in [0.2, 0.25) is 0 Å². The first-order valence-electron chi connectivity index (χ1n) is 8.46. The molecule has 1 saturated heterocycles. The Morgan fingerprint density at radius 2 is 2.08 bits per heavy atom. The number of hydrogen-bond acceptors (Lipinski definition) is 3. The van der Waals surface area contributed by atoms with E-state index in [2.05, 4.69) is 12.2 Å². The van der Waals surface area contributed by atoms with Crippen LogP contribution in [0.25, 0.3) is 0 Å². The van der Waals surface area contributed by atoms with Crippen LogP contribution in [0.3, 0.4) is 0 Å². The van der Waals surface area contributed by atoms with Crippen LogP contribution in [0.15, 0.2) is 24.3 Å². The van der Waals surface area contributed by atoms with Gasteiger partial charge < -0.3 is 10.2 Å². The number of benzene rings is 1. The molecule has 1 atom stereocenters. The summed E-state index contributed by atoms with van der Waals surface area (Å²) in [5, 5.41) is 2.84. The van der Waals surface area contributed by atoms with E-state index in [9.17, 15) is 14.4 Å². The predicted molar refractivity (Wildman–Crippen MR) is 89.2 cm³/mol. The minimum absolute atomic E-state index is 0.200. The van der Waals surface area contributed by atoms with Gasteiger partial charge in [-0.15, -0.1) is 0 Å². The fourth-order valence-electron chi connectivity index (χ4n) is 3.51. The van der Waals surface area contributed by atoms with Crippen molar-refractivity contribution in [2.75, 3.05) is 20.1 Å². The van der Waals surface area contributed by atoms with Crippen LogP contribution < -0.4 is 5.32 Å². The third-order valence-electron chi connectivity index (χ3n) is 4.99. The Kier molecular flexibility index (Phi) is 4.30. The Balaban J connectivity index is 1.77. The lowest BCUT2D eigenvalue weighted by molar-refractivity contribution is -0.138. The van der Waals surface area contributed by atoms with Crippen LogP contribution in [0, 0.1) is 0 Å². The Labute approximate surface area is 141 Å². The molecule has 0 radical (unpaired) electrons. The van der Waals surface area contributed by atoms with E-state index >= 15 is 0 Å². The second-order valence-electron chi connectivity index (χ2n) is 6.55. The van der Waals surface area contributed by atoms with Gasteiger partial charge in [0.1, 0.15) is 12.1 Å². The maximum Gasteiger partial charge on any atom is 0.325 e. The summed E-state index contributed by atoms with van der Waals surface area (Å²) in [5.74, 6) is -0.523. The number of likely N-dealkylation sites (N-methyl/N-ethyl adjacent to an activating group) is 1. The van der Waals surface area contributed by atoms with Crippen molar-refractivity contribution in [2.24, 2.45) is 0 Å². The zero-order valence-electron chi connectivity index (χ0n) is 14.2. The maximum absolute atomic E-state index is 12.9. The first-order chi connectivity index (χ1) is 11.5. The molecule has 128 valence electrons. The molecule has 0 bridgehead atoms. The fraction of sp³-hybridized carbons (Fsp3) is 0.500. The number of carbonyl (C=O) groups excluding carboxylic acids is 3. The summed E-state index contributed by atoms with van der Waals surface area (Å²) in [4.78, 5) is 40.2. The quantitative estimate of drug-likeness (QED) is 0.835. The molecule has 1 aromatic carbocycles. The first kappa shape index (κ1) is 16.5.